The Balaban J connectivity index is 1.21. The SMILES string of the molecule is O=C(CSc1nnc(NC(=O)C2CC2)s1)NCc1ccc2c(c1)OCO2. The second-order valence-electron chi connectivity index (χ2n) is 5.89. The predicted molar refractivity (Wildman–Crippen MR) is 96.4 cm³/mol. The van der Waals surface area contributed by atoms with Crippen LogP contribution in [-0.4, -0.2) is 34.6 Å². The summed E-state index contributed by atoms with van der Waals surface area (Å²) in [6, 6.07) is 5.58. The van der Waals surface area contributed by atoms with E-state index in [1.165, 1.54) is 23.1 Å². The van der Waals surface area contributed by atoms with Gasteiger partial charge in [0.05, 0.1) is 5.75 Å². The van der Waals surface area contributed by atoms with Crippen LogP contribution in [0.25, 0.3) is 0 Å². The van der Waals surface area contributed by atoms with Crippen molar-refractivity contribution < 1.29 is 19.1 Å². The van der Waals surface area contributed by atoms with Crippen molar-refractivity contribution in [1.29, 1.82) is 0 Å². The lowest BCUT2D eigenvalue weighted by atomic mass is 10.2. The average molecular weight is 392 g/mol. The van der Waals surface area contributed by atoms with E-state index in [9.17, 15) is 9.59 Å². The number of nitrogens with zero attached hydrogens (tertiary/aromatic N) is 2. The zero-order chi connectivity index (χ0) is 17.9. The summed E-state index contributed by atoms with van der Waals surface area (Å²) in [5, 5.41) is 14.0. The number of fused-ring (bicyclic) bond motifs is 1. The van der Waals surface area contributed by atoms with Crippen LogP contribution in [-0.2, 0) is 16.1 Å². The Morgan fingerprint density at radius 3 is 2.92 bits per heavy atom. The van der Waals surface area contributed by atoms with E-state index < -0.39 is 0 Å². The molecule has 26 heavy (non-hydrogen) atoms. The molecule has 1 aliphatic heterocycles. The molecule has 0 spiro atoms. The fourth-order valence-electron chi connectivity index (χ4n) is 2.30. The summed E-state index contributed by atoms with van der Waals surface area (Å²) in [4.78, 5) is 23.7. The van der Waals surface area contributed by atoms with Crippen LogP contribution in [0.4, 0.5) is 5.13 Å². The molecule has 2 amide bonds. The number of thioether (sulfide) groups is 1. The van der Waals surface area contributed by atoms with Gasteiger partial charge in [-0.05, 0) is 30.5 Å². The number of ether oxygens (including phenoxy) is 2. The van der Waals surface area contributed by atoms with Crippen molar-refractivity contribution in [1.82, 2.24) is 15.5 Å². The van der Waals surface area contributed by atoms with E-state index in [1.807, 2.05) is 18.2 Å². The summed E-state index contributed by atoms with van der Waals surface area (Å²) in [7, 11) is 0. The molecule has 2 aliphatic rings. The summed E-state index contributed by atoms with van der Waals surface area (Å²) >= 11 is 2.57. The fraction of sp³-hybridized carbons (Fsp3) is 0.375. The Morgan fingerprint density at radius 2 is 2.08 bits per heavy atom. The number of nitrogens with one attached hydrogen (secondary N) is 2. The number of aromatic nitrogens is 2. The van der Waals surface area contributed by atoms with Gasteiger partial charge in [0.15, 0.2) is 15.8 Å². The normalized spacial score (nSPS) is 14.9. The Bertz CT molecular complexity index is 837. The van der Waals surface area contributed by atoms with Gasteiger partial charge in [-0.1, -0.05) is 29.2 Å². The van der Waals surface area contributed by atoms with Crippen molar-refractivity contribution in [3.05, 3.63) is 23.8 Å². The van der Waals surface area contributed by atoms with Gasteiger partial charge in [0, 0.05) is 12.5 Å². The zero-order valence-corrected chi connectivity index (χ0v) is 15.3. The highest BCUT2D eigenvalue weighted by Crippen LogP contribution is 2.33. The minimum atomic E-state index is -0.105. The van der Waals surface area contributed by atoms with Gasteiger partial charge in [0.2, 0.25) is 23.7 Å². The highest BCUT2D eigenvalue weighted by Gasteiger charge is 2.30. The van der Waals surface area contributed by atoms with Gasteiger partial charge in [-0.3, -0.25) is 9.59 Å². The van der Waals surface area contributed by atoms with E-state index in [-0.39, 0.29) is 30.3 Å². The number of carbonyl (C=O) groups excluding carboxylic acids is 2. The number of benzene rings is 1. The molecule has 1 aromatic heterocycles. The molecule has 0 unspecified atom stereocenters. The van der Waals surface area contributed by atoms with Crippen LogP contribution in [0.2, 0.25) is 0 Å². The van der Waals surface area contributed by atoms with Crippen molar-refractivity contribution >= 4 is 40.0 Å². The van der Waals surface area contributed by atoms with Crippen LogP contribution >= 0.6 is 23.1 Å². The number of carbonyl (C=O) groups is 2. The lowest BCUT2D eigenvalue weighted by Crippen LogP contribution is -2.24. The summed E-state index contributed by atoms with van der Waals surface area (Å²) < 4.78 is 11.2. The lowest BCUT2D eigenvalue weighted by molar-refractivity contribution is -0.119. The molecule has 0 bridgehead atoms. The Labute approximate surface area is 157 Å². The van der Waals surface area contributed by atoms with Gasteiger partial charge >= 0.3 is 0 Å². The third-order valence-electron chi connectivity index (χ3n) is 3.84. The molecule has 1 aromatic carbocycles. The number of rotatable bonds is 7. The van der Waals surface area contributed by atoms with Gasteiger partial charge in [-0.15, -0.1) is 10.2 Å². The first-order valence-electron chi connectivity index (χ1n) is 8.10. The second kappa shape index (κ2) is 7.50. The monoisotopic (exact) mass is 392 g/mol. The maximum Gasteiger partial charge on any atom is 0.231 e. The maximum absolute atomic E-state index is 12.0. The minimum absolute atomic E-state index is 0.000769. The van der Waals surface area contributed by atoms with E-state index in [0.29, 0.717) is 21.8 Å². The first-order valence-corrected chi connectivity index (χ1v) is 9.90. The molecule has 0 saturated heterocycles. The summed E-state index contributed by atoms with van der Waals surface area (Å²) in [6.07, 6.45) is 1.88. The van der Waals surface area contributed by atoms with Crippen LogP contribution in [0.1, 0.15) is 18.4 Å². The fourth-order valence-corrected chi connectivity index (χ4v) is 3.89. The van der Waals surface area contributed by atoms with Crippen LogP contribution in [0, 0.1) is 5.92 Å². The number of amides is 2. The third kappa shape index (κ3) is 4.25. The lowest BCUT2D eigenvalue weighted by Gasteiger charge is -2.05. The number of hydrogen-bond acceptors (Lipinski definition) is 8. The number of anilines is 1. The molecule has 0 atom stereocenters. The molecular weight excluding hydrogens is 376 g/mol. The van der Waals surface area contributed by atoms with Crippen molar-refractivity contribution in [2.24, 2.45) is 5.92 Å². The first kappa shape index (κ1) is 17.1. The van der Waals surface area contributed by atoms with Crippen LogP contribution in [0.15, 0.2) is 22.5 Å². The molecule has 136 valence electrons. The second-order valence-corrected chi connectivity index (χ2v) is 8.09. The largest absolute Gasteiger partial charge is 0.454 e. The standard InChI is InChI=1S/C16H16N4O4S2/c21-13(17-6-9-1-4-11-12(5-9)24-8-23-11)7-25-16-20-19-15(26-16)18-14(22)10-2-3-10/h1,4-5,10H,2-3,6-8H2,(H,17,21)(H,18,19,22). The highest BCUT2D eigenvalue weighted by molar-refractivity contribution is 8.01. The molecule has 2 N–H and O–H groups in total. The van der Waals surface area contributed by atoms with E-state index >= 15 is 0 Å². The van der Waals surface area contributed by atoms with Crippen molar-refractivity contribution in [2.45, 2.75) is 23.7 Å². The smallest absolute Gasteiger partial charge is 0.231 e. The molecule has 8 nitrogen and oxygen atoms in total. The van der Waals surface area contributed by atoms with Crippen LogP contribution < -0.4 is 20.1 Å². The summed E-state index contributed by atoms with van der Waals surface area (Å²) in [6.45, 7) is 0.640. The van der Waals surface area contributed by atoms with Gasteiger partial charge in [0.25, 0.3) is 0 Å². The van der Waals surface area contributed by atoms with Gasteiger partial charge in [0.1, 0.15) is 0 Å². The van der Waals surface area contributed by atoms with Crippen molar-refractivity contribution in [2.75, 3.05) is 17.9 Å². The van der Waals surface area contributed by atoms with E-state index in [2.05, 4.69) is 20.8 Å². The highest BCUT2D eigenvalue weighted by atomic mass is 32.2. The molecule has 1 fully saturated rings. The van der Waals surface area contributed by atoms with Crippen LogP contribution in [0.5, 0.6) is 11.5 Å². The average Bonchev–Trinajstić information content (AvgIpc) is 3.23. The first-order chi connectivity index (χ1) is 12.7. The van der Waals surface area contributed by atoms with Gasteiger partial charge < -0.3 is 20.1 Å². The van der Waals surface area contributed by atoms with Crippen molar-refractivity contribution in [3.63, 3.8) is 0 Å². The Morgan fingerprint density at radius 1 is 1.23 bits per heavy atom. The zero-order valence-electron chi connectivity index (χ0n) is 13.7. The van der Waals surface area contributed by atoms with E-state index in [4.69, 9.17) is 9.47 Å². The molecule has 2 aromatic rings. The van der Waals surface area contributed by atoms with E-state index in [0.717, 1.165) is 24.2 Å². The summed E-state index contributed by atoms with van der Waals surface area (Å²) in [5.74, 6) is 1.66. The Kier molecular flexibility index (Phi) is 4.93. The maximum atomic E-state index is 12.0. The van der Waals surface area contributed by atoms with E-state index in [1.54, 1.807) is 0 Å². The molecule has 4 rings (SSSR count). The van der Waals surface area contributed by atoms with Crippen molar-refractivity contribution in [3.8, 4) is 11.5 Å². The quantitative estimate of drug-likeness (QED) is 0.549. The molecule has 0 radical (unpaired) electrons. The molecular formula is C16H16N4O4S2. The molecule has 1 saturated carbocycles. The Hall–Kier alpha value is -2.33. The third-order valence-corrected chi connectivity index (χ3v) is 5.81. The number of hydrogen-bond donors (Lipinski definition) is 2. The van der Waals surface area contributed by atoms with Crippen LogP contribution in [0.3, 0.4) is 0 Å². The predicted octanol–water partition coefficient (Wildman–Crippen LogP) is 2.02. The van der Waals surface area contributed by atoms with Gasteiger partial charge in [-0.25, -0.2) is 0 Å². The topological polar surface area (TPSA) is 102 Å². The van der Waals surface area contributed by atoms with Gasteiger partial charge in [-0.2, -0.15) is 0 Å². The molecule has 1 aliphatic carbocycles. The molecule has 2 heterocycles. The minimum Gasteiger partial charge on any atom is -0.454 e. The summed E-state index contributed by atoms with van der Waals surface area (Å²) in [5.41, 5.74) is 0.939. The molecule has 10 heteroatoms.